The first-order valence-corrected chi connectivity index (χ1v) is 5.62. The molecule has 0 bridgehead atoms. The van der Waals surface area contributed by atoms with E-state index >= 15 is 0 Å². The zero-order valence-corrected chi connectivity index (χ0v) is 10.4. The van der Waals surface area contributed by atoms with Gasteiger partial charge in [-0.15, -0.1) is 0 Å². The number of thiol groups is 1. The fraction of sp³-hybridized carbons (Fsp3) is 1.00. The van der Waals surface area contributed by atoms with Gasteiger partial charge in [-0.3, -0.25) is 4.90 Å². The second-order valence-corrected chi connectivity index (χ2v) is 4.63. The number of rotatable bonds is 8. The summed E-state index contributed by atoms with van der Waals surface area (Å²) >= 11 is 4.31. The summed E-state index contributed by atoms with van der Waals surface area (Å²) in [6, 6.07) is 0. The van der Waals surface area contributed by atoms with E-state index in [1.54, 1.807) is 7.11 Å². The molecule has 0 aromatic heterocycles. The van der Waals surface area contributed by atoms with Gasteiger partial charge in [-0.1, -0.05) is 13.8 Å². The highest BCUT2D eigenvalue weighted by Gasteiger charge is 2.19. The molecule has 0 amide bonds. The highest BCUT2D eigenvalue weighted by atomic mass is 32.1. The lowest BCUT2D eigenvalue weighted by atomic mass is 9.95. The summed E-state index contributed by atoms with van der Waals surface area (Å²) < 4.78 is 5.02. The number of nitrogens with zero attached hydrogens (tertiary/aromatic N) is 1. The SMILES string of the molecule is COCCN(CCO)CC(C)(C)CS. The standard InChI is InChI=1S/C10H23NO2S/c1-10(2,9-14)8-11(4-6-12)5-7-13-3/h12,14H,4-9H2,1-3H3. The molecule has 0 radical (unpaired) electrons. The van der Waals surface area contributed by atoms with E-state index in [1.165, 1.54) is 0 Å². The minimum Gasteiger partial charge on any atom is -0.395 e. The summed E-state index contributed by atoms with van der Waals surface area (Å²) in [5, 5.41) is 8.90. The van der Waals surface area contributed by atoms with Gasteiger partial charge in [-0.25, -0.2) is 0 Å². The van der Waals surface area contributed by atoms with Crippen LogP contribution in [-0.4, -0.2) is 55.7 Å². The van der Waals surface area contributed by atoms with Crippen LogP contribution in [0.15, 0.2) is 0 Å². The second-order valence-electron chi connectivity index (χ2n) is 4.31. The van der Waals surface area contributed by atoms with Crippen molar-refractivity contribution in [1.29, 1.82) is 0 Å². The molecular weight excluding hydrogens is 198 g/mol. The molecule has 0 atom stereocenters. The number of hydrogen-bond acceptors (Lipinski definition) is 4. The quantitative estimate of drug-likeness (QED) is 0.597. The third-order valence-corrected chi connectivity index (χ3v) is 2.96. The van der Waals surface area contributed by atoms with E-state index in [4.69, 9.17) is 9.84 Å². The molecule has 1 N–H and O–H groups in total. The van der Waals surface area contributed by atoms with Gasteiger partial charge in [0.25, 0.3) is 0 Å². The zero-order chi connectivity index (χ0) is 11.0. The van der Waals surface area contributed by atoms with E-state index in [9.17, 15) is 0 Å². The number of methoxy groups -OCH3 is 1. The number of aliphatic hydroxyl groups is 1. The van der Waals surface area contributed by atoms with Crippen LogP contribution in [-0.2, 0) is 4.74 Å². The van der Waals surface area contributed by atoms with Crippen LogP contribution in [0.2, 0.25) is 0 Å². The Kier molecular flexibility index (Phi) is 7.64. The molecule has 86 valence electrons. The molecule has 0 aliphatic rings. The summed E-state index contributed by atoms with van der Waals surface area (Å²) in [5.74, 6) is 0.849. The van der Waals surface area contributed by atoms with Gasteiger partial charge in [0.2, 0.25) is 0 Å². The van der Waals surface area contributed by atoms with Crippen LogP contribution in [0.25, 0.3) is 0 Å². The van der Waals surface area contributed by atoms with Crippen molar-refractivity contribution >= 4 is 12.6 Å². The monoisotopic (exact) mass is 221 g/mol. The van der Waals surface area contributed by atoms with Crippen molar-refractivity contribution in [3.8, 4) is 0 Å². The predicted molar refractivity (Wildman–Crippen MR) is 63.0 cm³/mol. The van der Waals surface area contributed by atoms with Crippen molar-refractivity contribution in [2.45, 2.75) is 13.8 Å². The lowest BCUT2D eigenvalue weighted by molar-refractivity contribution is 0.108. The van der Waals surface area contributed by atoms with Crippen molar-refractivity contribution in [2.75, 3.05) is 45.7 Å². The van der Waals surface area contributed by atoms with Crippen LogP contribution in [0.4, 0.5) is 0 Å². The van der Waals surface area contributed by atoms with Crippen LogP contribution in [0, 0.1) is 5.41 Å². The Labute approximate surface area is 92.8 Å². The third-order valence-electron chi connectivity index (χ3n) is 2.11. The van der Waals surface area contributed by atoms with Crippen LogP contribution in [0.3, 0.4) is 0 Å². The molecule has 0 spiro atoms. The molecule has 3 nitrogen and oxygen atoms in total. The summed E-state index contributed by atoms with van der Waals surface area (Å²) in [6.07, 6.45) is 0. The molecule has 0 aromatic carbocycles. The minimum atomic E-state index is 0.187. The van der Waals surface area contributed by atoms with E-state index in [1.807, 2.05) is 0 Å². The maximum Gasteiger partial charge on any atom is 0.0589 e. The first kappa shape index (κ1) is 14.2. The Morgan fingerprint density at radius 3 is 2.43 bits per heavy atom. The van der Waals surface area contributed by atoms with Crippen molar-refractivity contribution in [3.05, 3.63) is 0 Å². The fourth-order valence-electron chi connectivity index (χ4n) is 1.29. The Morgan fingerprint density at radius 2 is 2.00 bits per heavy atom. The summed E-state index contributed by atoms with van der Waals surface area (Å²) in [6.45, 7) is 7.79. The molecule has 0 unspecified atom stereocenters. The lowest BCUT2D eigenvalue weighted by Crippen LogP contribution is -2.39. The summed E-state index contributed by atoms with van der Waals surface area (Å²) in [7, 11) is 1.70. The first-order chi connectivity index (χ1) is 6.55. The molecule has 14 heavy (non-hydrogen) atoms. The van der Waals surface area contributed by atoms with E-state index < -0.39 is 0 Å². The van der Waals surface area contributed by atoms with Gasteiger partial charge in [0, 0.05) is 26.7 Å². The van der Waals surface area contributed by atoms with Gasteiger partial charge in [-0.2, -0.15) is 12.6 Å². The van der Waals surface area contributed by atoms with Gasteiger partial charge in [0.1, 0.15) is 0 Å². The topological polar surface area (TPSA) is 32.7 Å². The maximum atomic E-state index is 8.90. The highest BCUT2D eigenvalue weighted by molar-refractivity contribution is 7.80. The lowest BCUT2D eigenvalue weighted by Gasteiger charge is -2.31. The van der Waals surface area contributed by atoms with Crippen molar-refractivity contribution in [2.24, 2.45) is 5.41 Å². The number of aliphatic hydroxyl groups excluding tert-OH is 1. The normalized spacial score (nSPS) is 12.4. The largest absolute Gasteiger partial charge is 0.395 e. The van der Waals surface area contributed by atoms with Crippen LogP contribution in [0.1, 0.15) is 13.8 Å². The molecule has 0 aliphatic carbocycles. The summed E-state index contributed by atoms with van der Waals surface area (Å²) in [4.78, 5) is 2.21. The van der Waals surface area contributed by atoms with Gasteiger partial charge in [0.05, 0.1) is 13.2 Å². The third kappa shape index (κ3) is 6.65. The van der Waals surface area contributed by atoms with Crippen molar-refractivity contribution in [1.82, 2.24) is 4.90 Å². The molecule has 4 heteroatoms. The van der Waals surface area contributed by atoms with Crippen LogP contribution in [0.5, 0.6) is 0 Å². The molecule has 0 saturated heterocycles. The smallest absolute Gasteiger partial charge is 0.0589 e. The molecule has 0 heterocycles. The van der Waals surface area contributed by atoms with Crippen LogP contribution >= 0.6 is 12.6 Å². The number of ether oxygens (including phenoxy) is 1. The van der Waals surface area contributed by atoms with E-state index in [0.717, 1.165) is 18.8 Å². The maximum absolute atomic E-state index is 8.90. The molecule has 0 aromatic rings. The minimum absolute atomic E-state index is 0.187. The molecule has 0 aliphatic heterocycles. The van der Waals surface area contributed by atoms with E-state index in [0.29, 0.717) is 13.2 Å². The fourth-order valence-corrected chi connectivity index (χ4v) is 1.39. The Balaban J connectivity index is 3.94. The molecular formula is C10H23NO2S. The molecule has 0 saturated carbocycles. The van der Waals surface area contributed by atoms with Crippen molar-refractivity contribution < 1.29 is 9.84 Å². The van der Waals surface area contributed by atoms with Gasteiger partial charge in [-0.05, 0) is 11.2 Å². The van der Waals surface area contributed by atoms with Crippen molar-refractivity contribution in [3.63, 3.8) is 0 Å². The van der Waals surface area contributed by atoms with Gasteiger partial charge >= 0.3 is 0 Å². The van der Waals surface area contributed by atoms with E-state index in [-0.39, 0.29) is 12.0 Å². The number of hydrogen-bond donors (Lipinski definition) is 2. The van der Waals surface area contributed by atoms with Crippen LogP contribution < -0.4 is 0 Å². The average molecular weight is 221 g/mol. The molecule has 0 fully saturated rings. The second kappa shape index (κ2) is 7.51. The van der Waals surface area contributed by atoms with Gasteiger partial charge in [0.15, 0.2) is 0 Å². The molecule has 0 rings (SSSR count). The Bertz CT molecular complexity index is 142. The average Bonchev–Trinajstić information content (AvgIpc) is 2.14. The first-order valence-electron chi connectivity index (χ1n) is 4.99. The predicted octanol–water partition coefficient (Wildman–Crippen LogP) is 0.883. The van der Waals surface area contributed by atoms with Gasteiger partial charge < -0.3 is 9.84 Å². The Morgan fingerprint density at radius 1 is 1.36 bits per heavy atom. The zero-order valence-electron chi connectivity index (χ0n) is 9.49. The van der Waals surface area contributed by atoms with E-state index in [2.05, 4.69) is 31.4 Å². The summed E-state index contributed by atoms with van der Waals surface area (Å²) in [5.41, 5.74) is 0.187. The highest BCUT2D eigenvalue weighted by Crippen LogP contribution is 2.18. The Hall–Kier alpha value is 0.230.